The fourth-order valence-electron chi connectivity index (χ4n) is 4.39. The van der Waals surface area contributed by atoms with Crippen LogP contribution in [-0.4, -0.2) is 26.6 Å². The van der Waals surface area contributed by atoms with Crippen LogP contribution in [0, 0.1) is 5.82 Å². The summed E-state index contributed by atoms with van der Waals surface area (Å²) in [7, 11) is 1.70. The molecule has 4 aromatic rings. The minimum Gasteiger partial charge on any atom is -0.394 e. The Labute approximate surface area is 208 Å². The van der Waals surface area contributed by atoms with Crippen LogP contribution >= 0.6 is 15.9 Å². The van der Waals surface area contributed by atoms with Gasteiger partial charge in [-0.15, -0.1) is 0 Å². The first-order valence-corrected chi connectivity index (χ1v) is 11.8. The summed E-state index contributed by atoms with van der Waals surface area (Å²) >= 11 is 3.26. The summed E-state index contributed by atoms with van der Waals surface area (Å²) in [5.41, 5.74) is 5.35. The Bertz CT molecular complexity index is 1590. The Hall–Kier alpha value is -3.62. The number of hydrogen-bond donors (Lipinski definition) is 1. The van der Waals surface area contributed by atoms with Crippen LogP contribution in [0.15, 0.2) is 92.1 Å². The molecule has 0 unspecified atom stereocenters. The van der Waals surface area contributed by atoms with E-state index in [1.54, 1.807) is 37.6 Å². The lowest BCUT2D eigenvalue weighted by Gasteiger charge is -2.19. The van der Waals surface area contributed by atoms with Gasteiger partial charge >= 0.3 is 0 Å². The van der Waals surface area contributed by atoms with Crippen LogP contribution in [0.25, 0.3) is 11.1 Å². The molecule has 0 spiro atoms. The summed E-state index contributed by atoms with van der Waals surface area (Å²) in [6.45, 7) is 0.199. The number of pyridine rings is 2. The second-order valence-electron chi connectivity index (χ2n) is 8.47. The molecule has 2 aromatic heterocycles. The Kier molecular flexibility index (Phi) is 6.08. The first-order valence-electron chi connectivity index (χ1n) is 11.0. The Morgan fingerprint density at radius 1 is 1.00 bits per heavy atom. The normalized spacial score (nSPS) is 13.4. The van der Waals surface area contributed by atoms with Gasteiger partial charge in [0.05, 0.1) is 24.9 Å². The predicted molar refractivity (Wildman–Crippen MR) is 136 cm³/mol. The van der Waals surface area contributed by atoms with E-state index < -0.39 is 11.9 Å². The zero-order valence-electron chi connectivity index (χ0n) is 18.8. The topological polar surface area (TPSA) is 76.6 Å². The van der Waals surface area contributed by atoms with Gasteiger partial charge < -0.3 is 14.2 Å². The Balaban J connectivity index is 1.51. The number of hydrogen-bond acceptors (Lipinski definition) is 4. The van der Waals surface area contributed by atoms with Crippen LogP contribution in [0.2, 0.25) is 0 Å². The summed E-state index contributed by atoms with van der Waals surface area (Å²) in [5.74, 6) is -0.452. The van der Waals surface area contributed by atoms with Crippen molar-refractivity contribution in [3.8, 4) is 11.1 Å². The van der Waals surface area contributed by atoms with Crippen LogP contribution in [0.5, 0.6) is 0 Å². The molecule has 2 aromatic carbocycles. The van der Waals surface area contributed by atoms with E-state index >= 15 is 0 Å². The maximum atomic E-state index is 13.9. The molecule has 1 aliphatic rings. The molecule has 6 nitrogen and oxygen atoms in total. The van der Waals surface area contributed by atoms with E-state index in [1.165, 1.54) is 33.4 Å². The number of aliphatic hydroxyl groups excluding tert-OH is 1. The molecule has 0 bridgehead atoms. The second-order valence-corrected chi connectivity index (χ2v) is 9.38. The number of halogens is 2. The van der Waals surface area contributed by atoms with Gasteiger partial charge in [-0.1, -0.05) is 28.1 Å². The zero-order chi connectivity index (χ0) is 24.7. The second kappa shape index (κ2) is 9.20. The molecule has 3 heterocycles. The van der Waals surface area contributed by atoms with Crippen molar-refractivity contribution in [2.75, 3.05) is 6.61 Å². The highest BCUT2D eigenvalue weighted by Crippen LogP contribution is 2.29. The molecule has 0 saturated heterocycles. The molecule has 1 atom stereocenters. The fraction of sp³-hybridized carbons (Fsp3) is 0.148. The number of nitrogens with zero attached hydrogens (tertiary/aromatic N) is 3. The van der Waals surface area contributed by atoms with Gasteiger partial charge in [0.1, 0.15) is 5.82 Å². The Morgan fingerprint density at radius 3 is 2.49 bits per heavy atom. The van der Waals surface area contributed by atoms with E-state index in [9.17, 15) is 19.1 Å². The lowest BCUT2D eigenvalue weighted by Crippen LogP contribution is -2.27. The van der Waals surface area contributed by atoms with Gasteiger partial charge in [-0.2, -0.15) is 0 Å². The fourth-order valence-corrected chi connectivity index (χ4v) is 4.88. The highest BCUT2D eigenvalue weighted by molar-refractivity contribution is 9.10. The summed E-state index contributed by atoms with van der Waals surface area (Å²) < 4.78 is 17.4. The monoisotopic (exact) mass is 533 g/mol. The highest BCUT2D eigenvalue weighted by Gasteiger charge is 2.20. The summed E-state index contributed by atoms with van der Waals surface area (Å²) in [4.78, 5) is 29.5. The molecule has 0 amide bonds. The highest BCUT2D eigenvalue weighted by atomic mass is 79.9. The van der Waals surface area contributed by atoms with Crippen molar-refractivity contribution >= 4 is 21.6 Å². The maximum absolute atomic E-state index is 13.9. The van der Waals surface area contributed by atoms with Crippen LogP contribution in [0.4, 0.5) is 4.39 Å². The van der Waals surface area contributed by atoms with Crippen molar-refractivity contribution < 1.29 is 9.50 Å². The number of aliphatic hydroxyl groups is 1. The minimum atomic E-state index is -0.716. The van der Waals surface area contributed by atoms with Crippen LogP contribution in [0.3, 0.4) is 0 Å². The molecule has 8 heteroatoms. The van der Waals surface area contributed by atoms with Crippen molar-refractivity contribution in [1.29, 1.82) is 0 Å². The third kappa shape index (κ3) is 4.42. The van der Waals surface area contributed by atoms with Crippen molar-refractivity contribution in [3.63, 3.8) is 0 Å². The standard InChI is InChI=1S/C27H21BrFN3O3/c1-31-14-19(4-5-25(31)34)27-23-10-16(2-3-18(23)13-30-27)17-6-7-32(26(35)11-17)24(15-33)20-8-21(28)12-22(29)9-20/h2-12,14,24,33H,13,15H2,1H3/t24-/m1/s1. The van der Waals surface area contributed by atoms with Crippen molar-refractivity contribution in [2.24, 2.45) is 12.0 Å². The molecular weight excluding hydrogens is 513 g/mol. The van der Waals surface area contributed by atoms with Gasteiger partial charge in [0.2, 0.25) is 5.56 Å². The SMILES string of the molecule is Cn1cc(C2=NCc3ccc(-c4ccn([C@H](CO)c5cc(F)cc(Br)c5)c(=O)c4)cc32)ccc1=O. The first kappa shape index (κ1) is 23.1. The maximum Gasteiger partial charge on any atom is 0.251 e. The molecule has 176 valence electrons. The van der Waals surface area contributed by atoms with Gasteiger partial charge in [0.25, 0.3) is 5.56 Å². The van der Waals surface area contributed by atoms with Gasteiger partial charge in [0.15, 0.2) is 0 Å². The summed E-state index contributed by atoms with van der Waals surface area (Å²) in [5, 5.41) is 9.97. The van der Waals surface area contributed by atoms with Crippen LogP contribution in [-0.2, 0) is 13.6 Å². The lowest BCUT2D eigenvalue weighted by atomic mass is 9.96. The molecule has 0 radical (unpaired) electrons. The number of aliphatic imine (C=N–C) groups is 1. The van der Waals surface area contributed by atoms with Crippen LogP contribution in [0.1, 0.15) is 28.3 Å². The van der Waals surface area contributed by atoms with Crippen molar-refractivity contribution in [3.05, 3.63) is 126 Å². The summed E-state index contributed by atoms with van der Waals surface area (Å²) in [6.07, 6.45) is 3.39. The van der Waals surface area contributed by atoms with Crippen molar-refractivity contribution in [1.82, 2.24) is 9.13 Å². The minimum absolute atomic E-state index is 0.0892. The molecule has 35 heavy (non-hydrogen) atoms. The third-order valence-electron chi connectivity index (χ3n) is 6.19. The number of aromatic nitrogens is 2. The summed E-state index contributed by atoms with van der Waals surface area (Å²) in [6, 6.07) is 16.2. The van der Waals surface area contributed by atoms with E-state index in [0.717, 1.165) is 33.5 Å². The molecule has 0 aliphatic carbocycles. The van der Waals surface area contributed by atoms with Gasteiger partial charge in [-0.05, 0) is 58.7 Å². The largest absolute Gasteiger partial charge is 0.394 e. The quantitative estimate of drug-likeness (QED) is 0.420. The third-order valence-corrected chi connectivity index (χ3v) is 6.65. The number of benzene rings is 2. The van der Waals surface area contributed by atoms with Crippen LogP contribution < -0.4 is 11.1 Å². The van der Waals surface area contributed by atoms with E-state index in [-0.39, 0.29) is 17.7 Å². The van der Waals surface area contributed by atoms with E-state index in [2.05, 4.69) is 20.9 Å². The van der Waals surface area contributed by atoms with E-state index in [4.69, 9.17) is 0 Å². The molecule has 5 rings (SSSR count). The molecule has 1 aliphatic heterocycles. The van der Waals surface area contributed by atoms with Gasteiger partial charge in [-0.25, -0.2) is 4.39 Å². The zero-order valence-corrected chi connectivity index (χ0v) is 20.4. The predicted octanol–water partition coefficient (Wildman–Crippen LogP) is 4.05. The van der Waals surface area contributed by atoms with E-state index in [1.807, 2.05) is 18.2 Å². The Morgan fingerprint density at radius 2 is 1.77 bits per heavy atom. The average Bonchev–Trinajstić information content (AvgIpc) is 3.25. The number of fused-ring (bicyclic) bond motifs is 1. The van der Waals surface area contributed by atoms with Crippen molar-refractivity contribution in [2.45, 2.75) is 12.6 Å². The number of aryl methyl sites for hydroxylation is 1. The van der Waals surface area contributed by atoms with E-state index in [0.29, 0.717) is 16.6 Å². The lowest BCUT2D eigenvalue weighted by molar-refractivity contribution is 0.246. The van der Waals surface area contributed by atoms with Gasteiger partial charge in [0, 0.05) is 47.2 Å². The average molecular weight is 534 g/mol. The first-order chi connectivity index (χ1) is 16.8. The van der Waals surface area contributed by atoms with Gasteiger partial charge in [-0.3, -0.25) is 14.6 Å². The molecule has 1 N–H and O–H groups in total. The smallest absolute Gasteiger partial charge is 0.251 e. The molecule has 0 saturated carbocycles. The number of rotatable bonds is 5. The molecule has 0 fully saturated rings. The molecular formula is C27H21BrFN3O3.